The summed E-state index contributed by atoms with van der Waals surface area (Å²) in [4.78, 5) is 12.5. The van der Waals surface area contributed by atoms with E-state index in [-0.39, 0.29) is 5.78 Å². The van der Waals surface area contributed by atoms with Gasteiger partial charge in [0.15, 0.2) is 5.78 Å². The molecule has 21 heavy (non-hydrogen) atoms. The van der Waals surface area contributed by atoms with E-state index < -0.39 is 0 Å². The molecule has 0 bridgehead atoms. The summed E-state index contributed by atoms with van der Waals surface area (Å²) in [5, 5.41) is 2.18. The van der Waals surface area contributed by atoms with E-state index in [0.717, 1.165) is 22.8 Å². The van der Waals surface area contributed by atoms with E-state index in [9.17, 15) is 4.79 Å². The third kappa shape index (κ3) is 2.87. The first-order chi connectivity index (χ1) is 10.3. The van der Waals surface area contributed by atoms with Crippen LogP contribution in [0.4, 0.5) is 0 Å². The molecule has 0 aliphatic heterocycles. The normalized spacial score (nSPS) is 10.7. The van der Waals surface area contributed by atoms with Crippen LogP contribution in [0.3, 0.4) is 0 Å². The number of hydrogen-bond acceptors (Lipinski definition) is 1. The number of Topliss-reactive ketones (excluding diaryl/α,β-unsaturated/α-hetero) is 1. The summed E-state index contributed by atoms with van der Waals surface area (Å²) in [6.45, 7) is 2.09. The van der Waals surface area contributed by atoms with Gasteiger partial charge in [-0.3, -0.25) is 4.79 Å². The lowest BCUT2D eigenvalue weighted by atomic mass is 9.96. The lowest BCUT2D eigenvalue weighted by molar-refractivity contribution is 0.0984. The fourth-order valence-corrected chi connectivity index (χ4v) is 2.74. The van der Waals surface area contributed by atoms with Gasteiger partial charge >= 0.3 is 0 Å². The molecule has 0 spiro atoms. The summed E-state index contributed by atoms with van der Waals surface area (Å²) in [6.07, 6.45) is 1.35. The number of rotatable bonds is 4. The maximum absolute atomic E-state index is 12.5. The SMILES string of the molecule is Cc1ccccc1CCC(=O)c1cccc2ccccc12. The standard InChI is InChI=1S/C20H18O/c1-15-7-2-3-8-16(15)13-14-20(21)19-12-6-10-17-9-4-5-11-18(17)19/h2-12H,13-14H2,1H3. The Hall–Kier alpha value is -2.41. The molecule has 0 radical (unpaired) electrons. The molecule has 3 aromatic carbocycles. The Morgan fingerprint density at radius 2 is 1.57 bits per heavy atom. The van der Waals surface area contributed by atoms with Crippen LogP contribution in [0.2, 0.25) is 0 Å². The van der Waals surface area contributed by atoms with Gasteiger partial charge in [-0.15, -0.1) is 0 Å². The minimum atomic E-state index is 0.218. The fraction of sp³-hybridized carbons (Fsp3) is 0.150. The zero-order chi connectivity index (χ0) is 14.7. The van der Waals surface area contributed by atoms with Crippen molar-refractivity contribution in [1.29, 1.82) is 0 Å². The van der Waals surface area contributed by atoms with Crippen molar-refractivity contribution in [2.45, 2.75) is 19.8 Å². The smallest absolute Gasteiger partial charge is 0.163 e. The highest BCUT2D eigenvalue weighted by Gasteiger charge is 2.10. The average Bonchev–Trinajstić information content (AvgIpc) is 2.53. The van der Waals surface area contributed by atoms with E-state index in [0.29, 0.717) is 6.42 Å². The number of aryl methyl sites for hydroxylation is 2. The number of carbonyl (C=O) groups is 1. The summed E-state index contributed by atoms with van der Waals surface area (Å²) in [6, 6.07) is 22.3. The quantitative estimate of drug-likeness (QED) is 0.614. The van der Waals surface area contributed by atoms with Crippen LogP contribution in [0, 0.1) is 6.92 Å². The summed E-state index contributed by atoms with van der Waals surface area (Å²) < 4.78 is 0. The van der Waals surface area contributed by atoms with Gasteiger partial charge in [-0.2, -0.15) is 0 Å². The molecule has 0 fully saturated rings. The van der Waals surface area contributed by atoms with Crippen LogP contribution in [0.5, 0.6) is 0 Å². The predicted octanol–water partition coefficient (Wildman–Crippen LogP) is 4.96. The molecule has 0 saturated heterocycles. The van der Waals surface area contributed by atoms with Gasteiger partial charge in [-0.05, 0) is 35.2 Å². The van der Waals surface area contributed by atoms with Crippen LogP contribution in [0.25, 0.3) is 10.8 Å². The number of ketones is 1. The second-order valence-corrected chi connectivity index (χ2v) is 5.38. The molecule has 0 aromatic heterocycles. The zero-order valence-corrected chi connectivity index (χ0v) is 12.2. The molecule has 0 aliphatic rings. The van der Waals surface area contributed by atoms with Crippen molar-refractivity contribution in [3.05, 3.63) is 83.4 Å². The molecule has 104 valence electrons. The summed E-state index contributed by atoms with van der Waals surface area (Å²) >= 11 is 0. The van der Waals surface area contributed by atoms with Crippen molar-refractivity contribution in [2.75, 3.05) is 0 Å². The fourth-order valence-electron chi connectivity index (χ4n) is 2.74. The monoisotopic (exact) mass is 274 g/mol. The minimum Gasteiger partial charge on any atom is -0.294 e. The van der Waals surface area contributed by atoms with Crippen LogP contribution in [-0.4, -0.2) is 5.78 Å². The highest BCUT2D eigenvalue weighted by atomic mass is 16.1. The van der Waals surface area contributed by atoms with Gasteiger partial charge in [0.25, 0.3) is 0 Å². The van der Waals surface area contributed by atoms with Gasteiger partial charge in [-0.25, -0.2) is 0 Å². The van der Waals surface area contributed by atoms with Crippen molar-refractivity contribution in [1.82, 2.24) is 0 Å². The van der Waals surface area contributed by atoms with E-state index >= 15 is 0 Å². The molecule has 0 saturated carbocycles. The molecule has 0 unspecified atom stereocenters. The number of benzene rings is 3. The molecular weight excluding hydrogens is 256 g/mol. The Kier molecular flexibility index (Phi) is 3.83. The van der Waals surface area contributed by atoms with Crippen molar-refractivity contribution >= 4 is 16.6 Å². The lowest BCUT2D eigenvalue weighted by Crippen LogP contribution is -2.02. The predicted molar refractivity (Wildman–Crippen MR) is 87.8 cm³/mol. The molecule has 1 nitrogen and oxygen atoms in total. The first-order valence-corrected chi connectivity index (χ1v) is 7.31. The van der Waals surface area contributed by atoms with E-state index in [2.05, 4.69) is 19.1 Å². The number of carbonyl (C=O) groups excluding carboxylic acids is 1. The van der Waals surface area contributed by atoms with E-state index in [1.165, 1.54) is 11.1 Å². The van der Waals surface area contributed by atoms with Crippen LogP contribution < -0.4 is 0 Å². The van der Waals surface area contributed by atoms with Gasteiger partial charge < -0.3 is 0 Å². The van der Waals surface area contributed by atoms with E-state index in [1.54, 1.807) is 0 Å². The van der Waals surface area contributed by atoms with Crippen molar-refractivity contribution in [3.63, 3.8) is 0 Å². The molecule has 0 amide bonds. The van der Waals surface area contributed by atoms with Crippen molar-refractivity contribution < 1.29 is 4.79 Å². The largest absolute Gasteiger partial charge is 0.294 e. The molecule has 0 heterocycles. The second kappa shape index (κ2) is 5.92. The third-order valence-corrected chi connectivity index (χ3v) is 3.97. The molecule has 0 aliphatic carbocycles. The maximum atomic E-state index is 12.5. The molecule has 3 aromatic rings. The Bertz CT molecular complexity index is 781. The molecule has 3 rings (SSSR count). The average molecular weight is 274 g/mol. The molecule has 0 atom stereocenters. The Balaban J connectivity index is 1.83. The molecule has 1 heteroatoms. The topological polar surface area (TPSA) is 17.1 Å². The summed E-state index contributed by atoms with van der Waals surface area (Å²) in [7, 11) is 0. The van der Waals surface area contributed by atoms with Gasteiger partial charge in [0.1, 0.15) is 0 Å². The first-order valence-electron chi connectivity index (χ1n) is 7.31. The van der Waals surface area contributed by atoms with E-state index in [4.69, 9.17) is 0 Å². The van der Waals surface area contributed by atoms with Gasteiger partial charge in [0.05, 0.1) is 0 Å². The summed E-state index contributed by atoms with van der Waals surface area (Å²) in [5.74, 6) is 0.218. The van der Waals surface area contributed by atoms with Crippen LogP contribution in [0.1, 0.15) is 27.9 Å². The summed E-state index contributed by atoms with van der Waals surface area (Å²) in [5.41, 5.74) is 3.34. The second-order valence-electron chi connectivity index (χ2n) is 5.38. The first kappa shape index (κ1) is 13.6. The van der Waals surface area contributed by atoms with Crippen LogP contribution >= 0.6 is 0 Å². The highest BCUT2D eigenvalue weighted by molar-refractivity contribution is 6.08. The third-order valence-electron chi connectivity index (χ3n) is 3.97. The van der Waals surface area contributed by atoms with Gasteiger partial charge in [-0.1, -0.05) is 66.7 Å². The van der Waals surface area contributed by atoms with Crippen molar-refractivity contribution in [3.8, 4) is 0 Å². The lowest BCUT2D eigenvalue weighted by Gasteiger charge is -2.07. The molecule has 0 N–H and O–H groups in total. The highest BCUT2D eigenvalue weighted by Crippen LogP contribution is 2.21. The Morgan fingerprint density at radius 1 is 0.857 bits per heavy atom. The molecular formula is C20H18O. The van der Waals surface area contributed by atoms with Gasteiger partial charge in [0.2, 0.25) is 0 Å². The maximum Gasteiger partial charge on any atom is 0.163 e. The Morgan fingerprint density at radius 3 is 2.43 bits per heavy atom. The van der Waals surface area contributed by atoms with Crippen LogP contribution in [-0.2, 0) is 6.42 Å². The minimum absolute atomic E-state index is 0.218. The van der Waals surface area contributed by atoms with E-state index in [1.807, 2.05) is 54.6 Å². The van der Waals surface area contributed by atoms with Crippen LogP contribution in [0.15, 0.2) is 66.7 Å². The zero-order valence-electron chi connectivity index (χ0n) is 12.2. The van der Waals surface area contributed by atoms with Crippen molar-refractivity contribution in [2.24, 2.45) is 0 Å². The van der Waals surface area contributed by atoms with Gasteiger partial charge in [0, 0.05) is 12.0 Å². The number of hydrogen-bond donors (Lipinski definition) is 0. The Labute approximate surface area is 125 Å². The number of fused-ring (bicyclic) bond motifs is 1.